The van der Waals surface area contributed by atoms with Gasteiger partial charge in [-0.15, -0.1) is 0 Å². The second-order valence-electron chi connectivity index (χ2n) is 3.59. The lowest BCUT2D eigenvalue weighted by Gasteiger charge is -2.24. The molecular formula is C11H16F3N3. The van der Waals surface area contributed by atoms with Crippen molar-refractivity contribution in [2.45, 2.75) is 20.0 Å². The van der Waals surface area contributed by atoms with E-state index in [1.54, 1.807) is 19.2 Å². The van der Waals surface area contributed by atoms with Gasteiger partial charge in [-0.1, -0.05) is 0 Å². The third-order valence-electron chi connectivity index (χ3n) is 2.22. The number of hydrogen-bond acceptors (Lipinski definition) is 3. The van der Waals surface area contributed by atoms with Crippen molar-refractivity contribution in [2.24, 2.45) is 0 Å². The van der Waals surface area contributed by atoms with E-state index in [-0.39, 0.29) is 6.54 Å². The molecule has 96 valence electrons. The lowest BCUT2D eigenvalue weighted by molar-refractivity contribution is -0.119. The molecule has 1 heterocycles. The van der Waals surface area contributed by atoms with Gasteiger partial charge in [0, 0.05) is 13.1 Å². The Morgan fingerprint density at radius 3 is 2.53 bits per heavy atom. The quantitative estimate of drug-likeness (QED) is 0.867. The second kappa shape index (κ2) is 5.75. The van der Waals surface area contributed by atoms with Gasteiger partial charge in [0.15, 0.2) is 0 Å². The van der Waals surface area contributed by atoms with Crippen LogP contribution in [0.1, 0.15) is 13.8 Å². The fourth-order valence-electron chi connectivity index (χ4n) is 1.50. The highest BCUT2D eigenvalue weighted by Crippen LogP contribution is 2.23. The van der Waals surface area contributed by atoms with E-state index in [9.17, 15) is 13.2 Å². The number of rotatable bonds is 5. The summed E-state index contributed by atoms with van der Waals surface area (Å²) in [5.41, 5.74) is 1.20. The monoisotopic (exact) mass is 247 g/mol. The fraction of sp³-hybridized carbons (Fsp3) is 0.545. The summed E-state index contributed by atoms with van der Waals surface area (Å²) in [6, 6.07) is 1.67. The van der Waals surface area contributed by atoms with Gasteiger partial charge in [-0.3, -0.25) is 4.98 Å². The molecule has 0 saturated carbocycles. The van der Waals surface area contributed by atoms with Crippen molar-refractivity contribution in [3.63, 3.8) is 0 Å². The largest absolute Gasteiger partial charge is 0.405 e. The van der Waals surface area contributed by atoms with Gasteiger partial charge in [-0.2, -0.15) is 13.2 Å². The molecule has 0 unspecified atom stereocenters. The SMILES string of the molecule is CCNc1cncc(N(CC)CC(F)(F)F)c1. The second-order valence-corrected chi connectivity index (χ2v) is 3.59. The van der Waals surface area contributed by atoms with Crippen molar-refractivity contribution in [1.29, 1.82) is 0 Å². The van der Waals surface area contributed by atoms with Crippen molar-refractivity contribution in [2.75, 3.05) is 29.9 Å². The van der Waals surface area contributed by atoms with E-state index in [0.29, 0.717) is 12.2 Å². The minimum atomic E-state index is -4.20. The molecule has 17 heavy (non-hydrogen) atoms. The first-order valence-corrected chi connectivity index (χ1v) is 5.47. The maximum absolute atomic E-state index is 12.3. The van der Waals surface area contributed by atoms with Crippen LogP contribution in [-0.2, 0) is 0 Å². The van der Waals surface area contributed by atoms with E-state index in [2.05, 4.69) is 10.3 Å². The molecule has 1 rings (SSSR count). The van der Waals surface area contributed by atoms with E-state index in [1.165, 1.54) is 11.1 Å². The predicted octanol–water partition coefficient (Wildman–Crippen LogP) is 2.90. The van der Waals surface area contributed by atoms with Crippen LogP contribution >= 0.6 is 0 Å². The summed E-state index contributed by atoms with van der Waals surface area (Å²) in [4.78, 5) is 5.17. The first-order valence-electron chi connectivity index (χ1n) is 5.47. The van der Waals surface area contributed by atoms with Gasteiger partial charge in [0.2, 0.25) is 0 Å². The Kier molecular flexibility index (Phi) is 4.60. The zero-order valence-electron chi connectivity index (χ0n) is 9.88. The summed E-state index contributed by atoms with van der Waals surface area (Å²) in [7, 11) is 0. The van der Waals surface area contributed by atoms with Gasteiger partial charge in [0.25, 0.3) is 0 Å². The van der Waals surface area contributed by atoms with E-state index in [0.717, 1.165) is 5.69 Å². The molecule has 0 aromatic carbocycles. The van der Waals surface area contributed by atoms with Crippen LogP contribution in [0.25, 0.3) is 0 Å². The minimum Gasteiger partial charge on any atom is -0.384 e. The molecule has 0 aliphatic carbocycles. The lowest BCUT2D eigenvalue weighted by Crippen LogP contribution is -2.34. The van der Waals surface area contributed by atoms with Crippen LogP contribution < -0.4 is 10.2 Å². The highest BCUT2D eigenvalue weighted by atomic mass is 19.4. The van der Waals surface area contributed by atoms with Crippen LogP contribution in [0.4, 0.5) is 24.5 Å². The highest BCUT2D eigenvalue weighted by Gasteiger charge is 2.30. The van der Waals surface area contributed by atoms with Crippen molar-refractivity contribution < 1.29 is 13.2 Å². The Hall–Kier alpha value is -1.46. The number of aromatic nitrogens is 1. The topological polar surface area (TPSA) is 28.2 Å². The van der Waals surface area contributed by atoms with Crippen molar-refractivity contribution in [1.82, 2.24) is 4.98 Å². The van der Waals surface area contributed by atoms with Gasteiger partial charge >= 0.3 is 6.18 Å². The Labute approximate surface area is 98.6 Å². The molecule has 1 aromatic heterocycles. The van der Waals surface area contributed by atoms with Crippen LogP contribution in [-0.4, -0.2) is 30.8 Å². The average Bonchev–Trinajstić information content (AvgIpc) is 2.25. The molecule has 0 amide bonds. The Balaban J connectivity index is 2.84. The smallest absolute Gasteiger partial charge is 0.384 e. The Morgan fingerprint density at radius 1 is 1.29 bits per heavy atom. The molecule has 0 aliphatic rings. The molecule has 3 nitrogen and oxygen atoms in total. The molecule has 0 aliphatic heterocycles. The molecule has 1 aromatic rings. The van der Waals surface area contributed by atoms with Gasteiger partial charge in [0.05, 0.1) is 23.8 Å². The van der Waals surface area contributed by atoms with Crippen LogP contribution in [0, 0.1) is 0 Å². The fourth-order valence-corrected chi connectivity index (χ4v) is 1.50. The molecule has 0 bridgehead atoms. The number of nitrogens with one attached hydrogen (secondary N) is 1. The molecule has 0 saturated heterocycles. The van der Waals surface area contributed by atoms with Crippen molar-refractivity contribution in [3.05, 3.63) is 18.5 Å². The van der Waals surface area contributed by atoms with Crippen LogP contribution in [0.2, 0.25) is 0 Å². The van der Waals surface area contributed by atoms with Gasteiger partial charge in [-0.25, -0.2) is 0 Å². The van der Waals surface area contributed by atoms with E-state index < -0.39 is 12.7 Å². The molecular weight excluding hydrogens is 231 g/mol. The predicted molar refractivity (Wildman–Crippen MR) is 62.3 cm³/mol. The Morgan fingerprint density at radius 2 is 2.00 bits per heavy atom. The Bertz CT molecular complexity index is 352. The summed E-state index contributed by atoms with van der Waals surface area (Å²) >= 11 is 0. The molecule has 0 fully saturated rings. The number of hydrogen-bond donors (Lipinski definition) is 1. The molecule has 0 spiro atoms. The van der Waals surface area contributed by atoms with Crippen molar-refractivity contribution in [3.8, 4) is 0 Å². The summed E-state index contributed by atoms with van der Waals surface area (Å²) in [6.07, 6.45) is -1.17. The summed E-state index contributed by atoms with van der Waals surface area (Å²) in [5, 5.41) is 3.02. The molecule has 0 atom stereocenters. The standard InChI is InChI=1S/C11H16F3N3/c1-3-16-9-5-10(7-15-6-9)17(4-2)8-11(12,13)14/h5-7,16H,3-4,8H2,1-2H3. The van der Waals surface area contributed by atoms with E-state index in [4.69, 9.17) is 0 Å². The van der Waals surface area contributed by atoms with Crippen LogP contribution in [0.3, 0.4) is 0 Å². The highest BCUT2D eigenvalue weighted by molar-refractivity contribution is 5.55. The number of anilines is 2. The maximum Gasteiger partial charge on any atom is 0.405 e. The summed E-state index contributed by atoms with van der Waals surface area (Å²) < 4.78 is 37.0. The normalized spacial score (nSPS) is 11.4. The minimum absolute atomic E-state index is 0.288. The van der Waals surface area contributed by atoms with Gasteiger partial charge < -0.3 is 10.2 Å². The first-order chi connectivity index (χ1) is 7.96. The molecule has 1 N–H and O–H groups in total. The summed E-state index contributed by atoms with van der Waals surface area (Å²) in [6.45, 7) is 3.64. The van der Waals surface area contributed by atoms with Crippen molar-refractivity contribution >= 4 is 11.4 Å². The first kappa shape index (κ1) is 13.6. The van der Waals surface area contributed by atoms with Gasteiger partial charge in [-0.05, 0) is 19.9 Å². The number of alkyl halides is 3. The maximum atomic E-state index is 12.3. The van der Waals surface area contributed by atoms with E-state index in [1.807, 2.05) is 6.92 Å². The average molecular weight is 247 g/mol. The zero-order chi connectivity index (χ0) is 12.9. The van der Waals surface area contributed by atoms with Crippen LogP contribution in [0.15, 0.2) is 18.5 Å². The zero-order valence-corrected chi connectivity index (χ0v) is 9.88. The lowest BCUT2D eigenvalue weighted by atomic mass is 10.3. The number of pyridine rings is 1. The third-order valence-corrected chi connectivity index (χ3v) is 2.22. The van der Waals surface area contributed by atoms with Gasteiger partial charge in [0.1, 0.15) is 6.54 Å². The summed E-state index contributed by atoms with van der Waals surface area (Å²) in [5.74, 6) is 0. The molecule has 6 heteroatoms. The third kappa shape index (κ3) is 4.50. The molecule has 0 radical (unpaired) electrons. The van der Waals surface area contributed by atoms with Crippen LogP contribution in [0.5, 0.6) is 0 Å². The number of halogens is 3. The number of nitrogens with zero attached hydrogens (tertiary/aromatic N) is 2. The van der Waals surface area contributed by atoms with E-state index >= 15 is 0 Å².